The van der Waals surface area contributed by atoms with E-state index in [2.05, 4.69) is 21.9 Å². The van der Waals surface area contributed by atoms with Crippen LogP contribution in [0.5, 0.6) is 0 Å². The monoisotopic (exact) mass is 228 g/mol. The molecule has 0 atom stereocenters. The molecule has 2 heterocycles. The fourth-order valence-electron chi connectivity index (χ4n) is 1.15. The van der Waals surface area contributed by atoms with Crippen molar-refractivity contribution in [1.29, 1.82) is 0 Å². The Hall–Kier alpha value is -0.810. The molecule has 2 rings (SSSR count). The maximum atomic E-state index is 5.97. The van der Waals surface area contributed by atoms with Gasteiger partial charge in [-0.15, -0.1) is 0 Å². The molecular formula is C8H9ClN4S. The Balaban J connectivity index is 2.63. The third-order valence-corrected chi connectivity index (χ3v) is 2.76. The fourth-order valence-corrected chi connectivity index (χ4v) is 1.98. The molecule has 0 saturated heterocycles. The molecule has 0 fully saturated rings. The van der Waals surface area contributed by atoms with Gasteiger partial charge in [0.2, 0.25) is 0 Å². The topological polar surface area (TPSA) is 43.6 Å². The van der Waals surface area contributed by atoms with E-state index in [0.29, 0.717) is 15.8 Å². The van der Waals surface area contributed by atoms with Crippen LogP contribution in [0.3, 0.4) is 0 Å². The van der Waals surface area contributed by atoms with Gasteiger partial charge in [-0.1, -0.05) is 30.3 Å². The van der Waals surface area contributed by atoms with Gasteiger partial charge < -0.3 is 4.57 Å². The average Bonchev–Trinajstić information content (AvgIpc) is 2.49. The summed E-state index contributed by atoms with van der Waals surface area (Å²) >= 11 is 7.54. The Morgan fingerprint density at radius 1 is 1.50 bits per heavy atom. The second kappa shape index (κ2) is 3.74. The summed E-state index contributed by atoms with van der Waals surface area (Å²) in [4.78, 5) is 12.6. The van der Waals surface area contributed by atoms with E-state index in [-0.39, 0.29) is 0 Å². The van der Waals surface area contributed by atoms with Gasteiger partial charge >= 0.3 is 0 Å². The van der Waals surface area contributed by atoms with Crippen molar-refractivity contribution in [2.75, 3.05) is 5.75 Å². The number of imidazole rings is 1. The quantitative estimate of drug-likeness (QED) is 0.449. The predicted molar refractivity (Wildman–Crippen MR) is 57.7 cm³/mol. The predicted octanol–water partition coefficient (Wildman–Crippen LogP) is 2.13. The number of rotatable bonds is 2. The Morgan fingerprint density at radius 2 is 2.29 bits per heavy atom. The molecule has 74 valence electrons. The first-order chi connectivity index (χ1) is 6.72. The van der Waals surface area contributed by atoms with Crippen molar-refractivity contribution in [1.82, 2.24) is 19.5 Å². The minimum absolute atomic E-state index is 0.423. The zero-order chi connectivity index (χ0) is 10.1. The van der Waals surface area contributed by atoms with Crippen LogP contribution in [0, 0.1) is 0 Å². The number of hydrogen-bond donors (Lipinski definition) is 0. The van der Waals surface area contributed by atoms with Gasteiger partial charge in [0, 0.05) is 7.05 Å². The van der Waals surface area contributed by atoms with Crippen molar-refractivity contribution in [3.63, 3.8) is 0 Å². The molecule has 0 N–H and O–H groups in total. The molecule has 0 aliphatic carbocycles. The van der Waals surface area contributed by atoms with Crippen LogP contribution in [0.1, 0.15) is 6.92 Å². The molecule has 0 aliphatic rings. The van der Waals surface area contributed by atoms with Crippen molar-refractivity contribution >= 4 is 34.5 Å². The second-order valence-electron chi connectivity index (χ2n) is 2.76. The third kappa shape index (κ3) is 1.57. The molecular weight excluding hydrogens is 220 g/mol. The number of halogens is 1. The normalized spacial score (nSPS) is 11.1. The number of aryl methyl sites for hydroxylation is 1. The van der Waals surface area contributed by atoms with Gasteiger partial charge in [-0.25, -0.2) is 15.0 Å². The van der Waals surface area contributed by atoms with Gasteiger partial charge in [-0.2, -0.15) is 0 Å². The Morgan fingerprint density at radius 3 is 3.00 bits per heavy atom. The first-order valence-corrected chi connectivity index (χ1v) is 5.56. The number of hydrogen-bond acceptors (Lipinski definition) is 4. The minimum atomic E-state index is 0.423. The summed E-state index contributed by atoms with van der Waals surface area (Å²) in [6.07, 6.45) is 1.69. The molecule has 0 aromatic carbocycles. The molecule has 0 radical (unpaired) electrons. The molecule has 0 saturated carbocycles. The van der Waals surface area contributed by atoms with Gasteiger partial charge in [0.1, 0.15) is 5.52 Å². The van der Waals surface area contributed by atoms with E-state index < -0.39 is 0 Å². The molecule has 0 aliphatic heterocycles. The molecule has 14 heavy (non-hydrogen) atoms. The van der Waals surface area contributed by atoms with Crippen LogP contribution in [-0.4, -0.2) is 25.3 Å². The lowest BCUT2D eigenvalue weighted by Gasteiger charge is -1.99. The number of thioether (sulfide) groups is 1. The van der Waals surface area contributed by atoms with Crippen LogP contribution in [0.2, 0.25) is 5.15 Å². The van der Waals surface area contributed by atoms with E-state index in [1.165, 1.54) is 0 Å². The maximum Gasteiger partial charge on any atom is 0.191 e. The summed E-state index contributed by atoms with van der Waals surface area (Å²) in [5.41, 5.74) is 1.44. The summed E-state index contributed by atoms with van der Waals surface area (Å²) in [5, 5.41) is 1.13. The molecule has 6 heteroatoms. The van der Waals surface area contributed by atoms with Crippen LogP contribution in [0.4, 0.5) is 0 Å². The van der Waals surface area contributed by atoms with E-state index in [4.69, 9.17) is 11.6 Å². The van der Waals surface area contributed by atoms with Crippen LogP contribution in [0.15, 0.2) is 11.5 Å². The maximum absolute atomic E-state index is 5.97. The van der Waals surface area contributed by atoms with Crippen LogP contribution in [0.25, 0.3) is 11.2 Å². The molecule has 0 unspecified atom stereocenters. The lowest BCUT2D eigenvalue weighted by atomic mass is 10.5. The van der Waals surface area contributed by atoms with Crippen LogP contribution >= 0.6 is 23.4 Å². The second-order valence-corrected chi connectivity index (χ2v) is 4.35. The SMILES string of the molecule is CCSc1nc(Cl)c2ncn(C)c2n1. The summed E-state index contributed by atoms with van der Waals surface area (Å²) < 4.78 is 1.84. The zero-order valence-electron chi connectivity index (χ0n) is 7.86. The van der Waals surface area contributed by atoms with Crippen molar-refractivity contribution in [3.8, 4) is 0 Å². The molecule has 2 aromatic heterocycles. The van der Waals surface area contributed by atoms with Crippen LogP contribution < -0.4 is 0 Å². The highest BCUT2D eigenvalue weighted by Gasteiger charge is 2.09. The standard InChI is InChI=1S/C8H9ClN4S/c1-3-14-8-11-6(9)5-7(12-8)13(2)4-10-5/h4H,3H2,1-2H3. The highest BCUT2D eigenvalue weighted by atomic mass is 35.5. The van der Waals surface area contributed by atoms with Gasteiger partial charge in [0.25, 0.3) is 0 Å². The Labute approximate surface area is 90.7 Å². The first-order valence-electron chi connectivity index (χ1n) is 4.19. The summed E-state index contributed by atoms with van der Waals surface area (Å²) in [6, 6.07) is 0. The van der Waals surface area contributed by atoms with E-state index in [9.17, 15) is 0 Å². The van der Waals surface area contributed by atoms with Crippen molar-refractivity contribution in [3.05, 3.63) is 11.5 Å². The van der Waals surface area contributed by atoms with E-state index >= 15 is 0 Å². The fraction of sp³-hybridized carbons (Fsp3) is 0.375. The molecule has 0 bridgehead atoms. The summed E-state index contributed by atoms with van der Waals surface area (Å²) in [6.45, 7) is 2.05. The van der Waals surface area contributed by atoms with Crippen molar-refractivity contribution in [2.45, 2.75) is 12.1 Å². The lowest BCUT2D eigenvalue weighted by molar-refractivity contribution is 0.901. The van der Waals surface area contributed by atoms with Gasteiger partial charge in [-0.05, 0) is 5.75 Å². The van der Waals surface area contributed by atoms with Gasteiger partial charge in [0.05, 0.1) is 6.33 Å². The Kier molecular flexibility index (Phi) is 2.60. The molecule has 2 aromatic rings. The number of nitrogens with zero attached hydrogens (tertiary/aromatic N) is 4. The van der Waals surface area contributed by atoms with E-state index in [1.807, 2.05) is 11.6 Å². The zero-order valence-corrected chi connectivity index (χ0v) is 9.43. The third-order valence-electron chi connectivity index (χ3n) is 1.77. The largest absolute Gasteiger partial charge is 0.318 e. The smallest absolute Gasteiger partial charge is 0.191 e. The first kappa shape index (κ1) is 9.73. The molecule has 4 nitrogen and oxygen atoms in total. The van der Waals surface area contributed by atoms with E-state index in [0.717, 1.165) is 11.4 Å². The van der Waals surface area contributed by atoms with Crippen LogP contribution in [-0.2, 0) is 7.05 Å². The highest BCUT2D eigenvalue weighted by Crippen LogP contribution is 2.22. The van der Waals surface area contributed by atoms with Gasteiger partial charge in [-0.3, -0.25) is 0 Å². The minimum Gasteiger partial charge on any atom is -0.318 e. The lowest BCUT2D eigenvalue weighted by Crippen LogP contribution is -1.93. The average molecular weight is 229 g/mol. The molecule has 0 amide bonds. The number of aromatic nitrogens is 4. The summed E-state index contributed by atoms with van der Waals surface area (Å²) in [7, 11) is 1.89. The highest BCUT2D eigenvalue weighted by molar-refractivity contribution is 7.99. The Bertz CT molecular complexity index is 468. The molecule has 0 spiro atoms. The van der Waals surface area contributed by atoms with Crippen molar-refractivity contribution in [2.24, 2.45) is 7.05 Å². The summed E-state index contributed by atoms with van der Waals surface area (Å²) in [5.74, 6) is 0.930. The number of fused-ring (bicyclic) bond motifs is 1. The van der Waals surface area contributed by atoms with E-state index in [1.54, 1.807) is 18.1 Å². The van der Waals surface area contributed by atoms with Gasteiger partial charge in [0.15, 0.2) is 16.0 Å². The van der Waals surface area contributed by atoms with Crippen molar-refractivity contribution < 1.29 is 0 Å².